The first-order chi connectivity index (χ1) is 29.3. The van der Waals surface area contributed by atoms with Crippen LogP contribution in [-0.4, -0.2) is 6.85 Å². The summed E-state index contributed by atoms with van der Waals surface area (Å²) in [6.45, 7) is 18.7. The Morgan fingerprint density at radius 2 is 1.21 bits per heavy atom. The zero-order chi connectivity index (χ0) is 42.0. The lowest BCUT2D eigenvalue weighted by atomic mass is 9.43. The van der Waals surface area contributed by atoms with Crippen LogP contribution in [0.5, 0.6) is 0 Å². The fourth-order valence-electron chi connectivity index (χ4n) is 10.7. The molecule has 61 heavy (non-hydrogen) atoms. The van der Waals surface area contributed by atoms with Crippen LogP contribution in [-0.2, 0) is 16.2 Å². The predicted octanol–water partition coefficient (Wildman–Crippen LogP) is 14.4. The van der Waals surface area contributed by atoms with Gasteiger partial charge in [-0.15, -0.1) is 0 Å². The molecular formula is C57H53BN2O. The highest BCUT2D eigenvalue weighted by molar-refractivity contribution is 6.95. The molecule has 0 saturated carbocycles. The van der Waals surface area contributed by atoms with Gasteiger partial charge in [0.15, 0.2) is 0 Å². The van der Waals surface area contributed by atoms with E-state index in [-0.39, 0.29) is 23.1 Å². The minimum atomic E-state index is -0.151. The number of para-hydroxylation sites is 1. The van der Waals surface area contributed by atoms with Crippen LogP contribution in [0.1, 0.15) is 83.6 Å². The molecule has 0 fully saturated rings. The first-order valence-electron chi connectivity index (χ1n) is 22.1. The number of benzene rings is 7. The maximum atomic E-state index is 7.24. The molecule has 1 aromatic heterocycles. The number of fused-ring (bicyclic) bond motifs is 7. The molecule has 300 valence electrons. The molecule has 3 heterocycles. The average Bonchev–Trinajstić information content (AvgIpc) is 3.64. The van der Waals surface area contributed by atoms with Gasteiger partial charge in [-0.05, 0) is 135 Å². The molecule has 7 aromatic carbocycles. The minimum absolute atomic E-state index is 0.0264. The smallest absolute Gasteiger partial charge is 0.337 e. The topological polar surface area (TPSA) is 19.6 Å². The Hall–Kier alpha value is -6.26. The Bertz CT molecular complexity index is 3040. The number of anilines is 5. The summed E-state index contributed by atoms with van der Waals surface area (Å²) in [6, 6.07) is 56.8. The fraction of sp³-hybridized carbons (Fsp3) is 0.228. The van der Waals surface area contributed by atoms with E-state index >= 15 is 0 Å². The van der Waals surface area contributed by atoms with Crippen molar-refractivity contribution in [2.75, 3.05) is 9.71 Å². The van der Waals surface area contributed by atoms with Crippen LogP contribution < -0.4 is 20.6 Å². The second-order valence-corrected chi connectivity index (χ2v) is 20.1. The summed E-state index contributed by atoms with van der Waals surface area (Å²) >= 11 is 0. The number of furan rings is 1. The third kappa shape index (κ3) is 5.86. The summed E-state index contributed by atoms with van der Waals surface area (Å²) in [5.74, 6) is 0.879. The summed E-state index contributed by atoms with van der Waals surface area (Å²) in [5.41, 5.74) is 21.0. The number of hydrogen-bond donors (Lipinski definition) is 0. The molecule has 2 aliphatic heterocycles. The zero-order valence-corrected chi connectivity index (χ0v) is 36.7. The molecule has 0 bridgehead atoms. The summed E-state index contributed by atoms with van der Waals surface area (Å²) in [7, 11) is 0. The Morgan fingerprint density at radius 1 is 0.541 bits per heavy atom. The third-order valence-electron chi connectivity index (χ3n) is 14.1. The summed E-state index contributed by atoms with van der Waals surface area (Å²) in [4.78, 5) is 5.11. The SMILES string of the molecule is Cc1cc2c3c(c1)N(c1ccc(C(C)(C)C)cc1-c1ccccc1)c1oc4ccccc4c1B3N(c1ccc3c(c1)C(C)(C)CCC3(C)C)c1ccc(-c3ccccc3)cc1-2. The Labute approximate surface area is 361 Å². The fourth-order valence-corrected chi connectivity index (χ4v) is 10.7. The molecule has 0 unspecified atom stereocenters. The van der Waals surface area contributed by atoms with Crippen LogP contribution in [0.15, 0.2) is 156 Å². The molecule has 0 amide bonds. The highest BCUT2D eigenvalue weighted by Gasteiger charge is 2.49. The molecule has 0 N–H and O–H groups in total. The molecule has 8 aromatic rings. The number of nitrogens with zero attached hydrogens (tertiary/aromatic N) is 2. The highest BCUT2D eigenvalue weighted by atomic mass is 16.4. The largest absolute Gasteiger partial charge is 0.440 e. The van der Waals surface area contributed by atoms with Gasteiger partial charge in [-0.3, -0.25) is 4.90 Å². The normalized spacial score (nSPS) is 15.9. The zero-order valence-electron chi connectivity index (χ0n) is 36.7. The summed E-state index contributed by atoms with van der Waals surface area (Å²) < 4.78 is 7.24. The Balaban J connectivity index is 1.25. The van der Waals surface area contributed by atoms with E-state index in [9.17, 15) is 0 Å². The van der Waals surface area contributed by atoms with Crippen molar-refractivity contribution in [3.8, 4) is 33.4 Å². The van der Waals surface area contributed by atoms with Gasteiger partial charge in [-0.25, -0.2) is 0 Å². The molecule has 4 heteroatoms. The lowest BCUT2D eigenvalue weighted by Crippen LogP contribution is -2.61. The van der Waals surface area contributed by atoms with Gasteiger partial charge in [0.05, 0.1) is 5.69 Å². The lowest BCUT2D eigenvalue weighted by molar-refractivity contribution is 0.332. The minimum Gasteiger partial charge on any atom is -0.440 e. The van der Waals surface area contributed by atoms with Crippen LogP contribution in [0.25, 0.3) is 44.3 Å². The van der Waals surface area contributed by atoms with Gasteiger partial charge in [0.1, 0.15) is 5.58 Å². The van der Waals surface area contributed by atoms with Crippen molar-refractivity contribution >= 4 is 57.4 Å². The third-order valence-corrected chi connectivity index (χ3v) is 14.1. The number of hydrogen-bond acceptors (Lipinski definition) is 3. The monoisotopic (exact) mass is 792 g/mol. The first-order valence-corrected chi connectivity index (χ1v) is 22.1. The van der Waals surface area contributed by atoms with E-state index in [1.54, 1.807) is 0 Å². The van der Waals surface area contributed by atoms with E-state index in [4.69, 9.17) is 4.42 Å². The van der Waals surface area contributed by atoms with Gasteiger partial charge in [0.2, 0.25) is 5.88 Å². The maximum absolute atomic E-state index is 7.24. The van der Waals surface area contributed by atoms with Crippen molar-refractivity contribution in [3.63, 3.8) is 0 Å². The second-order valence-electron chi connectivity index (χ2n) is 20.1. The molecule has 0 saturated heterocycles. The Kier molecular flexibility index (Phi) is 8.27. The summed E-state index contributed by atoms with van der Waals surface area (Å²) in [6.07, 6.45) is 2.34. The van der Waals surface area contributed by atoms with E-state index < -0.39 is 0 Å². The average molecular weight is 793 g/mol. The van der Waals surface area contributed by atoms with Crippen LogP contribution in [0.3, 0.4) is 0 Å². The molecule has 0 atom stereocenters. The molecule has 0 spiro atoms. The van der Waals surface area contributed by atoms with E-state index in [2.05, 4.69) is 217 Å². The molecule has 1 aliphatic carbocycles. The first kappa shape index (κ1) is 37.7. The van der Waals surface area contributed by atoms with Gasteiger partial charge in [0.25, 0.3) is 0 Å². The van der Waals surface area contributed by atoms with Crippen molar-refractivity contribution in [2.24, 2.45) is 0 Å². The van der Waals surface area contributed by atoms with E-state index in [0.717, 1.165) is 34.6 Å². The quantitative estimate of drug-likeness (QED) is 0.166. The van der Waals surface area contributed by atoms with E-state index in [1.165, 1.54) is 84.4 Å². The van der Waals surface area contributed by atoms with Crippen molar-refractivity contribution in [2.45, 2.75) is 84.5 Å². The molecular weight excluding hydrogens is 739 g/mol. The summed E-state index contributed by atoms with van der Waals surface area (Å²) in [5, 5.41) is 1.14. The molecule has 3 nitrogen and oxygen atoms in total. The van der Waals surface area contributed by atoms with Gasteiger partial charge < -0.3 is 9.23 Å². The van der Waals surface area contributed by atoms with E-state index in [0.29, 0.717) is 0 Å². The second kappa shape index (κ2) is 13.4. The number of rotatable bonds is 4. The van der Waals surface area contributed by atoms with Crippen LogP contribution in [0.4, 0.5) is 28.6 Å². The molecule has 3 aliphatic rings. The lowest BCUT2D eigenvalue weighted by Gasteiger charge is -2.46. The van der Waals surface area contributed by atoms with Crippen molar-refractivity contribution in [1.82, 2.24) is 0 Å². The van der Waals surface area contributed by atoms with Crippen LogP contribution in [0.2, 0.25) is 0 Å². The van der Waals surface area contributed by atoms with Crippen molar-refractivity contribution in [3.05, 3.63) is 174 Å². The van der Waals surface area contributed by atoms with E-state index in [1.807, 2.05) is 0 Å². The van der Waals surface area contributed by atoms with Gasteiger partial charge in [-0.1, -0.05) is 152 Å². The van der Waals surface area contributed by atoms with Crippen LogP contribution in [0, 0.1) is 6.92 Å². The van der Waals surface area contributed by atoms with Gasteiger partial charge in [0, 0.05) is 39.0 Å². The highest BCUT2D eigenvalue weighted by Crippen LogP contribution is 2.53. The Morgan fingerprint density at radius 3 is 1.95 bits per heavy atom. The molecule has 11 rings (SSSR count). The van der Waals surface area contributed by atoms with Crippen molar-refractivity contribution < 1.29 is 4.42 Å². The predicted molar refractivity (Wildman–Crippen MR) is 260 cm³/mol. The van der Waals surface area contributed by atoms with Crippen molar-refractivity contribution in [1.29, 1.82) is 0 Å². The van der Waals surface area contributed by atoms with Crippen LogP contribution >= 0.6 is 0 Å². The van der Waals surface area contributed by atoms with Gasteiger partial charge in [-0.2, -0.15) is 0 Å². The van der Waals surface area contributed by atoms with Gasteiger partial charge >= 0.3 is 6.85 Å². The molecule has 0 radical (unpaired) electrons. The maximum Gasteiger partial charge on any atom is 0.337 e. The standard InChI is InChI=1S/C57H53BN2O/c1-36-31-45-44-33-39(37-17-11-9-12-18-37)23-27-49(44)60(41-25-26-46-47(35-41)57(7,8)30-29-56(46,5)6)58-52(45)50(32-36)59(54-53(58)42-21-15-16-22-51(42)61-54)48-28-24-40(55(2,3)4)34-43(48)38-19-13-10-14-20-38/h9-28,31-35H,29-30H2,1-8H3. The number of aryl methyl sites for hydroxylation is 1.